The van der Waals surface area contributed by atoms with Gasteiger partial charge in [-0.15, -0.1) is 11.8 Å². The van der Waals surface area contributed by atoms with Crippen molar-refractivity contribution in [3.8, 4) is 0 Å². The third kappa shape index (κ3) is 4.11. The molecule has 4 aromatic rings. The molecule has 162 valence electrons. The van der Waals surface area contributed by atoms with Crippen LogP contribution in [0.5, 0.6) is 0 Å². The number of rotatable bonds is 6. The summed E-state index contributed by atoms with van der Waals surface area (Å²) < 4.78 is 1.76. The molecule has 0 spiro atoms. The molecule has 0 bridgehead atoms. The molecule has 2 aromatic carbocycles. The van der Waals surface area contributed by atoms with Crippen LogP contribution in [0.1, 0.15) is 21.5 Å². The third-order valence-corrected chi connectivity index (χ3v) is 6.58. The lowest BCUT2D eigenvalue weighted by Gasteiger charge is -2.23. The molecule has 9 heteroatoms. The van der Waals surface area contributed by atoms with Gasteiger partial charge in [0.15, 0.2) is 0 Å². The largest absolute Gasteiger partial charge is 0.360 e. The van der Waals surface area contributed by atoms with E-state index in [-0.39, 0.29) is 11.8 Å². The van der Waals surface area contributed by atoms with Gasteiger partial charge < -0.3 is 15.2 Å². The number of thioether (sulfide) groups is 1. The summed E-state index contributed by atoms with van der Waals surface area (Å²) in [6, 6.07) is 15.2. The fraction of sp³-hybridized carbons (Fsp3) is 0.217. The first kappa shape index (κ1) is 20.3. The van der Waals surface area contributed by atoms with Gasteiger partial charge in [0.05, 0.1) is 18.0 Å². The van der Waals surface area contributed by atoms with Crippen LogP contribution in [0.25, 0.3) is 10.9 Å². The average Bonchev–Trinajstić information content (AvgIpc) is 3.58. The van der Waals surface area contributed by atoms with Crippen molar-refractivity contribution in [3.63, 3.8) is 0 Å². The predicted molar refractivity (Wildman–Crippen MR) is 123 cm³/mol. The highest BCUT2D eigenvalue weighted by atomic mass is 32.2. The van der Waals surface area contributed by atoms with Crippen LogP contribution >= 0.6 is 11.8 Å². The maximum atomic E-state index is 13.2. The van der Waals surface area contributed by atoms with Gasteiger partial charge in [-0.2, -0.15) is 5.10 Å². The summed E-state index contributed by atoms with van der Waals surface area (Å²) in [5.41, 5.74) is 3.62. The van der Waals surface area contributed by atoms with Crippen LogP contribution < -0.4 is 5.32 Å². The quantitative estimate of drug-likeness (QED) is 0.475. The molecule has 5 rings (SSSR count). The first-order valence-corrected chi connectivity index (χ1v) is 11.5. The Morgan fingerprint density at radius 1 is 1.12 bits per heavy atom. The summed E-state index contributed by atoms with van der Waals surface area (Å²) in [5, 5.41) is 7.97. The normalized spacial score (nSPS) is 15.9. The molecule has 0 radical (unpaired) electrons. The van der Waals surface area contributed by atoms with Crippen molar-refractivity contribution in [2.75, 3.05) is 11.6 Å². The second-order valence-electron chi connectivity index (χ2n) is 7.67. The van der Waals surface area contributed by atoms with Crippen LogP contribution in [-0.2, 0) is 17.9 Å². The molecule has 1 aliphatic heterocycles. The molecule has 0 aliphatic carbocycles. The van der Waals surface area contributed by atoms with Gasteiger partial charge in [-0.05, 0) is 17.2 Å². The molecule has 1 atom stereocenters. The summed E-state index contributed by atoms with van der Waals surface area (Å²) in [7, 11) is 0. The standard InChI is InChI=1S/C23H22N6O2S/c30-22(26-9-16-5-7-17(8-6-16)11-28-14-24-13-27-28)21-12-32-15-29(21)23(31)19-10-25-20-4-2-1-3-18(19)20/h1-8,10,13-14,21,25H,9,11-12,15H2,(H,26,30)/t21-/m0/s1. The zero-order valence-electron chi connectivity index (χ0n) is 17.3. The van der Waals surface area contributed by atoms with Crippen molar-refractivity contribution >= 4 is 34.5 Å². The second-order valence-corrected chi connectivity index (χ2v) is 8.67. The lowest BCUT2D eigenvalue weighted by molar-refractivity contribution is -0.124. The van der Waals surface area contributed by atoms with E-state index >= 15 is 0 Å². The van der Waals surface area contributed by atoms with Crippen LogP contribution in [0.3, 0.4) is 0 Å². The van der Waals surface area contributed by atoms with Crippen molar-refractivity contribution in [2.24, 2.45) is 0 Å². The second kappa shape index (κ2) is 8.88. The zero-order valence-corrected chi connectivity index (χ0v) is 18.1. The number of hydrogen-bond acceptors (Lipinski definition) is 5. The minimum Gasteiger partial charge on any atom is -0.360 e. The summed E-state index contributed by atoms with van der Waals surface area (Å²) >= 11 is 1.60. The number of nitrogens with one attached hydrogen (secondary N) is 2. The van der Waals surface area contributed by atoms with Gasteiger partial charge in [-0.1, -0.05) is 42.5 Å². The van der Waals surface area contributed by atoms with Crippen molar-refractivity contribution in [3.05, 3.63) is 84.1 Å². The summed E-state index contributed by atoms with van der Waals surface area (Å²) in [4.78, 5) is 34.8. The maximum Gasteiger partial charge on any atom is 0.257 e. The van der Waals surface area contributed by atoms with Gasteiger partial charge in [0.1, 0.15) is 18.7 Å². The highest BCUT2D eigenvalue weighted by molar-refractivity contribution is 7.99. The first-order chi connectivity index (χ1) is 15.7. The first-order valence-electron chi connectivity index (χ1n) is 10.3. The lowest BCUT2D eigenvalue weighted by Crippen LogP contribution is -2.47. The van der Waals surface area contributed by atoms with Crippen LogP contribution in [0.2, 0.25) is 0 Å². The number of amides is 2. The molecule has 32 heavy (non-hydrogen) atoms. The van der Waals surface area contributed by atoms with Crippen LogP contribution in [0.4, 0.5) is 0 Å². The SMILES string of the molecule is O=C(NCc1ccc(Cn2cncn2)cc1)[C@@H]1CSCN1C(=O)c1c[nH]c2ccccc12. The molecule has 0 saturated carbocycles. The number of benzene rings is 2. The summed E-state index contributed by atoms with van der Waals surface area (Å²) in [6.07, 6.45) is 4.92. The molecule has 2 amide bonds. The molecule has 2 aromatic heterocycles. The summed E-state index contributed by atoms with van der Waals surface area (Å²) in [6.45, 7) is 1.07. The van der Waals surface area contributed by atoms with E-state index in [2.05, 4.69) is 20.4 Å². The van der Waals surface area contributed by atoms with Gasteiger partial charge in [0.25, 0.3) is 5.91 Å². The number of aromatic nitrogens is 4. The van der Waals surface area contributed by atoms with E-state index in [1.165, 1.54) is 6.33 Å². The lowest BCUT2D eigenvalue weighted by atomic mass is 10.1. The molecule has 1 saturated heterocycles. The number of hydrogen-bond donors (Lipinski definition) is 2. The van der Waals surface area contributed by atoms with E-state index in [0.29, 0.717) is 30.3 Å². The monoisotopic (exact) mass is 446 g/mol. The molecule has 0 unspecified atom stereocenters. The van der Waals surface area contributed by atoms with Crippen LogP contribution in [0.15, 0.2) is 67.4 Å². The Morgan fingerprint density at radius 2 is 1.94 bits per heavy atom. The molecular formula is C23H22N6O2S. The minimum absolute atomic E-state index is 0.120. The van der Waals surface area contributed by atoms with Crippen molar-refractivity contribution in [2.45, 2.75) is 19.1 Å². The molecule has 1 aliphatic rings. The van der Waals surface area contributed by atoms with E-state index in [1.807, 2.05) is 48.5 Å². The van der Waals surface area contributed by atoms with Crippen LogP contribution in [-0.4, -0.2) is 54.1 Å². The van der Waals surface area contributed by atoms with Gasteiger partial charge in [-0.3, -0.25) is 9.59 Å². The van der Waals surface area contributed by atoms with E-state index in [1.54, 1.807) is 33.9 Å². The van der Waals surface area contributed by atoms with Gasteiger partial charge in [0, 0.05) is 29.4 Å². The number of para-hydroxylation sites is 1. The van der Waals surface area contributed by atoms with E-state index in [4.69, 9.17) is 0 Å². The van der Waals surface area contributed by atoms with Crippen molar-refractivity contribution in [1.29, 1.82) is 0 Å². The smallest absolute Gasteiger partial charge is 0.257 e. The Kier molecular flexibility index (Phi) is 5.64. The highest BCUT2D eigenvalue weighted by Crippen LogP contribution is 2.26. The third-order valence-electron chi connectivity index (χ3n) is 5.57. The predicted octanol–water partition coefficient (Wildman–Crippen LogP) is 2.64. The molecular weight excluding hydrogens is 424 g/mol. The van der Waals surface area contributed by atoms with Crippen LogP contribution in [0, 0.1) is 0 Å². The minimum atomic E-state index is -0.479. The Hall–Kier alpha value is -3.59. The van der Waals surface area contributed by atoms with E-state index < -0.39 is 6.04 Å². The number of carbonyl (C=O) groups is 2. The fourth-order valence-electron chi connectivity index (χ4n) is 3.83. The van der Waals surface area contributed by atoms with Gasteiger partial charge >= 0.3 is 0 Å². The Labute approximate surface area is 189 Å². The maximum absolute atomic E-state index is 13.2. The number of fused-ring (bicyclic) bond motifs is 1. The molecule has 8 nitrogen and oxygen atoms in total. The van der Waals surface area contributed by atoms with Gasteiger partial charge in [-0.25, -0.2) is 9.67 Å². The van der Waals surface area contributed by atoms with E-state index in [9.17, 15) is 9.59 Å². The van der Waals surface area contributed by atoms with Crippen molar-refractivity contribution < 1.29 is 9.59 Å². The Bertz CT molecular complexity index is 1240. The average molecular weight is 447 g/mol. The Morgan fingerprint density at radius 3 is 2.75 bits per heavy atom. The molecule has 2 N–H and O–H groups in total. The number of H-pyrrole nitrogens is 1. The topological polar surface area (TPSA) is 95.9 Å². The zero-order chi connectivity index (χ0) is 21.9. The van der Waals surface area contributed by atoms with E-state index in [0.717, 1.165) is 22.0 Å². The van der Waals surface area contributed by atoms with Crippen molar-refractivity contribution in [1.82, 2.24) is 30.0 Å². The Balaban J connectivity index is 1.21. The highest BCUT2D eigenvalue weighted by Gasteiger charge is 2.35. The fourth-order valence-corrected chi connectivity index (χ4v) is 4.99. The molecule has 1 fully saturated rings. The number of nitrogens with zero attached hydrogens (tertiary/aromatic N) is 4. The molecule has 3 heterocycles. The summed E-state index contributed by atoms with van der Waals surface area (Å²) in [5.74, 6) is 0.851. The number of aromatic amines is 1. The number of carbonyl (C=O) groups excluding carboxylic acids is 2. The van der Waals surface area contributed by atoms with Gasteiger partial charge in [0.2, 0.25) is 5.91 Å².